The van der Waals surface area contributed by atoms with Gasteiger partial charge in [0.2, 0.25) is 0 Å². The Kier molecular flexibility index (Phi) is 21.5. The Morgan fingerprint density at radius 2 is 0.831 bits per heavy atom. The van der Waals surface area contributed by atoms with Crippen LogP contribution in [-0.2, 0) is 71.7 Å². The molecule has 20 heteroatoms. The van der Waals surface area contributed by atoms with E-state index in [2.05, 4.69) is 39.5 Å². The van der Waals surface area contributed by atoms with Crippen LogP contribution in [0, 0.1) is 10.8 Å². The zero-order valence-electron chi connectivity index (χ0n) is 34.4. The van der Waals surface area contributed by atoms with E-state index in [1.54, 1.807) is 0 Å². The predicted molar refractivity (Wildman–Crippen MR) is 202 cm³/mol. The van der Waals surface area contributed by atoms with E-state index in [1.165, 1.54) is 6.92 Å². The van der Waals surface area contributed by atoms with Crippen LogP contribution in [0.4, 0.5) is 0 Å². The standard InChI is InChI=1S/C39H56O20/c1-14-52-59-34(37(18-43,19-44)21-51-20-36(15-40,16-41)17-42)38(54-29(46)23(4)5,55-30(47)24(6)7)35(53-28(45)22(2)3)39(56-31(48)25(8)9,57-32(49)26(10)11)58-33(50)27(12)13/h34-35,40-44H,2,4,6,8,10,12,14-21H2,1,3,5,7,9,11,13H3. The lowest BCUT2D eigenvalue weighted by molar-refractivity contribution is -0.455. The molecule has 0 amide bonds. The van der Waals surface area contributed by atoms with Crippen molar-refractivity contribution >= 4 is 35.8 Å². The lowest BCUT2D eigenvalue weighted by Crippen LogP contribution is -2.74. The number of rotatable bonds is 28. The zero-order valence-corrected chi connectivity index (χ0v) is 34.4. The quantitative estimate of drug-likeness (QED) is 0.0181. The Morgan fingerprint density at radius 3 is 1.12 bits per heavy atom. The fraction of sp³-hybridized carbons (Fsp3) is 0.538. The van der Waals surface area contributed by atoms with Gasteiger partial charge in [-0.2, -0.15) is 0 Å². The second-order valence-electron chi connectivity index (χ2n) is 13.8. The second kappa shape index (κ2) is 23.5. The van der Waals surface area contributed by atoms with Gasteiger partial charge in [0.15, 0.2) is 6.10 Å². The molecule has 5 N–H and O–H groups in total. The van der Waals surface area contributed by atoms with Crippen LogP contribution in [-0.4, -0.2) is 138 Å². The number of esters is 6. The SMILES string of the molecule is C=C(C)C(=O)OC(C(OC(=O)C(=C)C)(OC(=O)C(=C)C)OC(=O)C(=C)C)C(OC(=O)C(=C)C)(OC(=O)C(=C)C)C(OOCC)C(CO)(CO)COCC(CO)(CO)CO. The van der Waals surface area contributed by atoms with Gasteiger partial charge in [-0.05, 0) is 48.5 Å². The van der Waals surface area contributed by atoms with Crippen molar-refractivity contribution < 1.29 is 97.2 Å². The van der Waals surface area contributed by atoms with Crippen molar-refractivity contribution in [1.82, 2.24) is 0 Å². The normalized spacial score (nSPS) is 12.8. The van der Waals surface area contributed by atoms with Crippen LogP contribution in [0.1, 0.15) is 48.5 Å². The Balaban J connectivity index is 9.55. The van der Waals surface area contributed by atoms with Crippen molar-refractivity contribution in [3.63, 3.8) is 0 Å². The summed E-state index contributed by atoms with van der Waals surface area (Å²) in [7, 11) is 0. The lowest BCUT2D eigenvalue weighted by Gasteiger charge is -2.50. The van der Waals surface area contributed by atoms with Crippen LogP contribution in [0.15, 0.2) is 72.9 Å². The summed E-state index contributed by atoms with van der Waals surface area (Å²) in [6.45, 7) is 21.0. The number of aliphatic hydroxyl groups excluding tert-OH is 5. The average molecular weight is 845 g/mol. The van der Waals surface area contributed by atoms with Gasteiger partial charge in [-0.1, -0.05) is 39.5 Å². The topological polar surface area (TPSA) is 287 Å². The Hall–Kier alpha value is -5.06. The first-order valence-corrected chi connectivity index (χ1v) is 17.5. The first kappa shape index (κ1) is 53.9. The average Bonchev–Trinajstić information content (AvgIpc) is 3.17. The van der Waals surface area contributed by atoms with E-state index < -0.39 is 157 Å². The van der Waals surface area contributed by atoms with Crippen molar-refractivity contribution in [2.24, 2.45) is 10.8 Å². The molecule has 0 aliphatic heterocycles. The van der Waals surface area contributed by atoms with Crippen molar-refractivity contribution in [2.75, 3.05) is 52.9 Å². The molecule has 0 aliphatic rings. The highest BCUT2D eigenvalue weighted by molar-refractivity contribution is 5.92. The van der Waals surface area contributed by atoms with Gasteiger partial charge >= 0.3 is 47.6 Å². The molecular weight excluding hydrogens is 788 g/mol. The summed E-state index contributed by atoms with van der Waals surface area (Å²) >= 11 is 0. The highest BCUT2D eigenvalue weighted by atomic mass is 17.2. The summed E-state index contributed by atoms with van der Waals surface area (Å²) in [5.74, 6) is -17.3. The maximum atomic E-state index is 13.9. The molecule has 0 aromatic rings. The molecule has 20 nitrogen and oxygen atoms in total. The molecule has 0 saturated heterocycles. The molecule has 0 rings (SSSR count). The van der Waals surface area contributed by atoms with Crippen LogP contribution >= 0.6 is 0 Å². The molecule has 0 radical (unpaired) electrons. The van der Waals surface area contributed by atoms with Gasteiger partial charge in [0.1, 0.15) is 0 Å². The summed E-state index contributed by atoms with van der Waals surface area (Å²) in [5.41, 5.74) is -7.44. The van der Waals surface area contributed by atoms with Crippen LogP contribution in [0.25, 0.3) is 0 Å². The third-order valence-electron chi connectivity index (χ3n) is 7.85. The third-order valence-corrected chi connectivity index (χ3v) is 7.85. The molecule has 0 aromatic carbocycles. The first-order valence-electron chi connectivity index (χ1n) is 17.5. The summed E-state index contributed by atoms with van der Waals surface area (Å²) in [4.78, 5) is 93.2. The molecule has 0 aliphatic carbocycles. The van der Waals surface area contributed by atoms with E-state index in [0.29, 0.717) is 0 Å². The molecule has 2 unspecified atom stereocenters. The van der Waals surface area contributed by atoms with Gasteiger partial charge < -0.3 is 58.7 Å². The first-order chi connectivity index (χ1) is 27.3. The Morgan fingerprint density at radius 1 is 0.492 bits per heavy atom. The van der Waals surface area contributed by atoms with E-state index in [9.17, 15) is 54.3 Å². The largest absolute Gasteiger partial charge is 0.472 e. The summed E-state index contributed by atoms with van der Waals surface area (Å²) < 4.78 is 39.5. The van der Waals surface area contributed by atoms with Gasteiger partial charge in [0, 0.05) is 33.4 Å². The number of aliphatic hydroxyl groups is 5. The Labute approximate surface area is 341 Å². The van der Waals surface area contributed by atoms with Gasteiger partial charge in [-0.3, -0.25) is 0 Å². The molecule has 59 heavy (non-hydrogen) atoms. The number of hydrogen-bond acceptors (Lipinski definition) is 20. The molecule has 0 spiro atoms. The number of hydrogen-bond donors (Lipinski definition) is 5. The van der Waals surface area contributed by atoms with E-state index >= 15 is 0 Å². The summed E-state index contributed by atoms with van der Waals surface area (Å²) in [5, 5.41) is 52.1. The predicted octanol–water partition coefficient (Wildman–Crippen LogP) is 0.709. The van der Waals surface area contributed by atoms with Crippen molar-refractivity contribution in [1.29, 1.82) is 0 Å². The fourth-order valence-electron chi connectivity index (χ4n) is 4.19. The lowest BCUT2D eigenvalue weighted by atomic mass is 9.77. The van der Waals surface area contributed by atoms with Crippen LogP contribution in [0.3, 0.4) is 0 Å². The molecule has 0 bridgehead atoms. The van der Waals surface area contributed by atoms with Crippen molar-refractivity contribution in [3.05, 3.63) is 72.9 Å². The molecule has 0 aromatic heterocycles. The third kappa shape index (κ3) is 14.0. The number of carbonyl (C=O) groups is 6. The van der Waals surface area contributed by atoms with E-state index in [0.717, 1.165) is 41.5 Å². The minimum Gasteiger partial charge on any atom is -0.437 e. The molecule has 0 fully saturated rings. The minimum atomic E-state index is -3.97. The smallest absolute Gasteiger partial charge is 0.437 e. The highest BCUT2D eigenvalue weighted by Gasteiger charge is 2.74. The fourth-order valence-corrected chi connectivity index (χ4v) is 4.19. The Bertz CT molecular complexity index is 1530. The molecule has 2 atom stereocenters. The highest BCUT2D eigenvalue weighted by Crippen LogP contribution is 2.46. The number of carbonyl (C=O) groups excluding carboxylic acids is 6. The van der Waals surface area contributed by atoms with Crippen molar-refractivity contribution in [3.8, 4) is 0 Å². The van der Waals surface area contributed by atoms with Gasteiger partial charge in [0.25, 0.3) is 6.10 Å². The van der Waals surface area contributed by atoms with Gasteiger partial charge in [-0.25, -0.2) is 38.5 Å². The molecular formula is C39H56O20. The van der Waals surface area contributed by atoms with Gasteiger partial charge in [-0.15, -0.1) is 0 Å². The zero-order chi connectivity index (χ0) is 46.1. The van der Waals surface area contributed by atoms with Gasteiger partial charge in [0.05, 0.1) is 63.7 Å². The second-order valence-corrected chi connectivity index (χ2v) is 13.8. The molecule has 0 saturated carbocycles. The van der Waals surface area contributed by atoms with E-state index in [4.69, 9.17) is 42.9 Å². The summed E-state index contributed by atoms with van der Waals surface area (Å²) in [6.07, 6.45) is -5.93. The molecule has 0 heterocycles. The molecule has 332 valence electrons. The van der Waals surface area contributed by atoms with E-state index in [1.807, 2.05) is 0 Å². The van der Waals surface area contributed by atoms with Crippen LogP contribution in [0.2, 0.25) is 0 Å². The maximum absolute atomic E-state index is 13.9. The minimum absolute atomic E-state index is 0.437. The maximum Gasteiger partial charge on any atom is 0.472 e. The van der Waals surface area contributed by atoms with Crippen LogP contribution in [0.5, 0.6) is 0 Å². The van der Waals surface area contributed by atoms with E-state index in [-0.39, 0.29) is 0 Å². The summed E-state index contributed by atoms with van der Waals surface area (Å²) in [6, 6.07) is 0. The number of ether oxygens (including phenoxy) is 7. The monoisotopic (exact) mass is 844 g/mol. The van der Waals surface area contributed by atoms with Crippen molar-refractivity contribution in [2.45, 2.75) is 72.4 Å². The van der Waals surface area contributed by atoms with Crippen LogP contribution < -0.4 is 0 Å².